The fourth-order valence-corrected chi connectivity index (χ4v) is 3.95. The maximum absolute atomic E-state index is 12.9. The van der Waals surface area contributed by atoms with Crippen LogP contribution in [0.5, 0.6) is 0 Å². The molecular formula is C21H23N5O2. The third-order valence-corrected chi connectivity index (χ3v) is 5.57. The van der Waals surface area contributed by atoms with Crippen molar-refractivity contribution in [2.24, 2.45) is 0 Å². The zero-order chi connectivity index (χ0) is 18.9. The largest absolute Gasteiger partial charge is 0.378 e. The van der Waals surface area contributed by atoms with Gasteiger partial charge in [0.2, 0.25) is 11.9 Å². The van der Waals surface area contributed by atoms with E-state index in [1.54, 1.807) is 0 Å². The van der Waals surface area contributed by atoms with E-state index >= 15 is 0 Å². The Morgan fingerprint density at radius 2 is 1.96 bits per heavy atom. The molecule has 144 valence electrons. The summed E-state index contributed by atoms with van der Waals surface area (Å²) in [5.41, 5.74) is 3.20. The fourth-order valence-electron chi connectivity index (χ4n) is 3.95. The highest BCUT2D eigenvalue weighted by molar-refractivity contribution is 5.83. The molecule has 2 aliphatic heterocycles. The van der Waals surface area contributed by atoms with Crippen LogP contribution in [0.3, 0.4) is 0 Å². The van der Waals surface area contributed by atoms with Gasteiger partial charge in [0, 0.05) is 37.5 Å². The number of fused-ring (bicyclic) bond motifs is 2. The van der Waals surface area contributed by atoms with Crippen molar-refractivity contribution < 1.29 is 9.53 Å². The lowest BCUT2D eigenvalue weighted by molar-refractivity contribution is -0.132. The Bertz CT molecular complexity index is 1010. The number of morpholine rings is 1. The van der Waals surface area contributed by atoms with Crippen molar-refractivity contribution >= 4 is 22.8 Å². The summed E-state index contributed by atoms with van der Waals surface area (Å²) in [6.07, 6.45) is 4.71. The second kappa shape index (κ2) is 7.24. The topological polar surface area (TPSA) is 63.5 Å². The van der Waals surface area contributed by atoms with Gasteiger partial charge in [0.05, 0.1) is 25.5 Å². The lowest BCUT2D eigenvalue weighted by Gasteiger charge is -2.31. The van der Waals surface area contributed by atoms with Gasteiger partial charge in [-0.05, 0) is 29.5 Å². The second-order valence-corrected chi connectivity index (χ2v) is 7.31. The number of para-hydroxylation sites is 1. The molecule has 0 atom stereocenters. The number of rotatable bonds is 3. The van der Waals surface area contributed by atoms with Crippen LogP contribution in [-0.2, 0) is 29.0 Å². The maximum atomic E-state index is 12.9. The summed E-state index contributed by atoms with van der Waals surface area (Å²) < 4.78 is 7.43. The molecule has 1 amide bonds. The van der Waals surface area contributed by atoms with Gasteiger partial charge in [0.15, 0.2) is 0 Å². The van der Waals surface area contributed by atoms with E-state index in [9.17, 15) is 4.79 Å². The molecule has 0 N–H and O–H groups in total. The Hall–Kier alpha value is -2.93. The molecule has 2 aromatic heterocycles. The van der Waals surface area contributed by atoms with E-state index in [-0.39, 0.29) is 5.91 Å². The monoisotopic (exact) mass is 377 g/mol. The molecular weight excluding hydrogens is 354 g/mol. The number of carbonyl (C=O) groups excluding carboxylic acids is 1. The smallest absolute Gasteiger partial charge is 0.242 e. The van der Waals surface area contributed by atoms with Crippen LogP contribution in [0.1, 0.15) is 11.3 Å². The van der Waals surface area contributed by atoms with Crippen LogP contribution < -0.4 is 4.90 Å². The number of ether oxygens (including phenoxy) is 1. The summed E-state index contributed by atoms with van der Waals surface area (Å²) >= 11 is 0. The first-order valence-electron chi connectivity index (χ1n) is 9.77. The number of amides is 1. The summed E-state index contributed by atoms with van der Waals surface area (Å²) in [6, 6.07) is 10.2. The summed E-state index contributed by atoms with van der Waals surface area (Å²) in [6.45, 7) is 4.64. The molecule has 0 bridgehead atoms. The zero-order valence-corrected chi connectivity index (χ0v) is 15.8. The van der Waals surface area contributed by atoms with E-state index in [1.165, 1.54) is 0 Å². The van der Waals surface area contributed by atoms with Gasteiger partial charge in [-0.3, -0.25) is 4.79 Å². The van der Waals surface area contributed by atoms with Crippen molar-refractivity contribution in [3.8, 4) is 0 Å². The highest BCUT2D eigenvalue weighted by atomic mass is 16.5. The molecule has 4 heterocycles. The third kappa shape index (κ3) is 3.22. The van der Waals surface area contributed by atoms with Crippen LogP contribution in [0.2, 0.25) is 0 Å². The predicted octanol–water partition coefficient (Wildman–Crippen LogP) is 1.85. The average molecular weight is 377 g/mol. The van der Waals surface area contributed by atoms with Gasteiger partial charge in [-0.15, -0.1) is 0 Å². The van der Waals surface area contributed by atoms with Gasteiger partial charge < -0.3 is 19.1 Å². The first-order valence-corrected chi connectivity index (χ1v) is 9.77. The van der Waals surface area contributed by atoms with Crippen LogP contribution in [0.25, 0.3) is 10.9 Å². The molecule has 7 nitrogen and oxygen atoms in total. The standard InChI is InChI=1S/C21H23N5O2/c27-20(15-25-7-5-16-3-1-2-4-19(16)25)26-8-6-17-13-22-21(23-18(17)14-26)24-9-11-28-12-10-24/h1-5,7,13H,6,8-12,14-15H2. The molecule has 2 aliphatic rings. The van der Waals surface area contributed by atoms with Gasteiger partial charge >= 0.3 is 0 Å². The Kier molecular flexibility index (Phi) is 4.44. The molecule has 1 fully saturated rings. The van der Waals surface area contributed by atoms with E-state index < -0.39 is 0 Å². The molecule has 1 aromatic carbocycles. The Balaban J connectivity index is 1.32. The first kappa shape index (κ1) is 17.2. The van der Waals surface area contributed by atoms with Crippen molar-refractivity contribution in [2.75, 3.05) is 37.7 Å². The molecule has 7 heteroatoms. The fraction of sp³-hybridized carbons (Fsp3) is 0.381. The van der Waals surface area contributed by atoms with Gasteiger partial charge in [-0.2, -0.15) is 0 Å². The Morgan fingerprint density at radius 1 is 1.11 bits per heavy atom. The first-order chi connectivity index (χ1) is 13.8. The minimum absolute atomic E-state index is 0.124. The second-order valence-electron chi connectivity index (χ2n) is 7.31. The van der Waals surface area contributed by atoms with Crippen LogP contribution in [0.4, 0.5) is 5.95 Å². The van der Waals surface area contributed by atoms with E-state index in [2.05, 4.69) is 28.1 Å². The van der Waals surface area contributed by atoms with Gasteiger partial charge in [0.1, 0.15) is 6.54 Å². The van der Waals surface area contributed by atoms with E-state index in [1.807, 2.05) is 34.0 Å². The molecule has 5 rings (SSSR count). The van der Waals surface area contributed by atoms with Crippen LogP contribution in [-0.4, -0.2) is 58.2 Å². The third-order valence-electron chi connectivity index (χ3n) is 5.57. The summed E-state index contributed by atoms with van der Waals surface area (Å²) in [5, 5.41) is 1.15. The lowest BCUT2D eigenvalue weighted by Crippen LogP contribution is -2.40. The summed E-state index contributed by atoms with van der Waals surface area (Å²) in [5.74, 6) is 0.867. The normalized spacial score (nSPS) is 17.0. The number of carbonyl (C=O) groups is 1. The van der Waals surface area contributed by atoms with Crippen molar-refractivity contribution in [3.05, 3.63) is 54.0 Å². The number of hydrogen-bond acceptors (Lipinski definition) is 5. The number of aromatic nitrogens is 3. The Labute approximate surface area is 163 Å². The maximum Gasteiger partial charge on any atom is 0.242 e. The van der Waals surface area contributed by atoms with E-state index in [4.69, 9.17) is 9.72 Å². The number of hydrogen-bond donors (Lipinski definition) is 0. The number of anilines is 1. The molecule has 0 radical (unpaired) electrons. The van der Waals surface area contributed by atoms with E-state index in [0.717, 1.165) is 47.6 Å². The quantitative estimate of drug-likeness (QED) is 0.697. The summed E-state index contributed by atoms with van der Waals surface area (Å²) in [4.78, 5) is 26.3. The molecule has 28 heavy (non-hydrogen) atoms. The minimum atomic E-state index is 0.124. The van der Waals surface area contributed by atoms with Gasteiger partial charge in [0.25, 0.3) is 0 Å². The van der Waals surface area contributed by atoms with Gasteiger partial charge in [-0.1, -0.05) is 18.2 Å². The Morgan fingerprint density at radius 3 is 2.86 bits per heavy atom. The molecule has 0 unspecified atom stereocenters. The average Bonchev–Trinajstić information content (AvgIpc) is 3.16. The minimum Gasteiger partial charge on any atom is -0.378 e. The SMILES string of the molecule is O=C(Cn1ccc2ccccc21)N1CCc2cnc(N3CCOCC3)nc2C1. The van der Waals surface area contributed by atoms with Crippen molar-refractivity contribution in [2.45, 2.75) is 19.5 Å². The molecule has 0 aliphatic carbocycles. The molecule has 1 saturated heterocycles. The number of benzene rings is 1. The zero-order valence-electron chi connectivity index (χ0n) is 15.8. The van der Waals surface area contributed by atoms with Crippen molar-refractivity contribution in [1.29, 1.82) is 0 Å². The van der Waals surface area contributed by atoms with Crippen LogP contribution >= 0.6 is 0 Å². The number of nitrogens with zero attached hydrogens (tertiary/aromatic N) is 5. The van der Waals surface area contributed by atoms with E-state index in [0.29, 0.717) is 32.8 Å². The molecule has 0 spiro atoms. The van der Waals surface area contributed by atoms with Gasteiger partial charge in [-0.25, -0.2) is 9.97 Å². The van der Waals surface area contributed by atoms with Crippen molar-refractivity contribution in [3.63, 3.8) is 0 Å². The lowest BCUT2D eigenvalue weighted by atomic mass is 10.1. The van der Waals surface area contributed by atoms with Crippen LogP contribution in [0.15, 0.2) is 42.7 Å². The highest BCUT2D eigenvalue weighted by Crippen LogP contribution is 2.21. The van der Waals surface area contributed by atoms with Crippen molar-refractivity contribution in [1.82, 2.24) is 19.4 Å². The highest BCUT2D eigenvalue weighted by Gasteiger charge is 2.24. The summed E-state index contributed by atoms with van der Waals surface area (Å²) in [7, 11) is 0. The van der Waals surface area contributed by atoms with Crippen LogP contribution in [0, 0.1) is 0 Å². The molecule has 0 saturated carbocycles. The molecule has 3 aromatic rings. The predicted molar refractivity (Wildman–Crippen MR) is 106 cm³/mol.